The molecule has 0 amide bonds. The van der Waals surface area contributed by atoms with E-state index in [-0.39, 0.29) is 5.82 Å². The molecule has 80 valence electrons. The number of anilines is 1. The first-order valence-corrected chi connectivity index (χ1v) is 4.86. The van der Waals surface area contributed by atoms with Crippen molar-refractivity contribution in [2.24, 2.45) is 5.16 Å². The maximum Gasteiger partial charge on any atom is 0.165 e. The largest absolute Gasteiger partial charge is 0.411 e. The van der Waals surface area contributed by atoms with Crippen molar-refractivity contribution in [2.45, 2.75) is 12.8 Å². The van der Waals surface area contributed by atoms with Crippen LogP contribution >= 0.6 is 0 Å². The highest BCUT2D eigenvalue weighted by Gasteiger charge is 2.18. The molecule has 0 radical (unpaired) electrons. The molecule has 1 aromatic rings. The van der Waals surface area contributed by atoms with Crippen LogP contribution in [0.25, 0.3) is 0 Å². The molecule has 0 unspecified atom stereocenters. The topological polar surface area (TPSA) is 48.7 Å². The molecule has 1 fully saturated rings. The number of hydrogen-bond acceptors (Lipinski definition) is 4. The molecule has 0 spiro atoms. The molecule has 5 heteroatoms. The monoisotopic (exact) mass is 209 g/mol. The van der Waals surface area contributed by atoms with Gasteiger partial charge in [-0.3, -0.25) is 0 Å². The second kappa shape index (κ2) is 4.25. The summed E-state index contributed by atoms with van der Waals surface area (Å²) in [5.41, 5.74) is 0.766. The van der Waals surface area contributed by atoms with Crippen molar-refractivity contribution in [3.63, 3.8) is 0 Å². The summed E-state index contributed by atoms with van der Waals surface area (Å²) in [5, 5.41) is 11.8. The van der Waals surface area contributed by atoms with Crippen LogP contribution in [0.4, 0.5) is 10.2 Å². The molecular weight excluding hydrogens is 197 g/mol. The minimum Gasteiger partial charge on any atom is -0.411 e. The van der Waals surface area contributed by atoms with Crippen LogP contribution in [0.1, 0.15) is 12.8 Å². The van der Waals surface area contributed by atoms with Crippen LogP contribution in [0, 0.1) is 5.82 Å². The van der Waals surface area contributed by atoms with Gasteiger partial charge < -0.3 is 10.1 Å². The van der Waals surface area contributed by atoms with Crippen molar-refractivity contribution >= 4 is 11.5 Å². The molecule has 1 aliphatic heterocycles. The molecule has 2 rings (SSSR count). The van der Waals surface area contributed by atoms with E-state index in [1.165, 1.54) is 6.07 Å². The average molecular weight is 209 g/mol. The lowest BCUT2D eigenvalue weighted by molar-refractivity contribution is 0.315. The fourth-order valence-electron chi connectivity index (χ4n) is 1.69. The fourth-order valence-corrected chi connectivity index (χ4v) is 1.69. The zero-order valence-corrected chi connectivity index (χ0v) is 8.23. The minimum absolute atomic E-state index is 0.304. The average Bonchev–Trinajstić information content (AvgIpc) is 2.30. The number of halogens is 1. The van der Waals surface area contributed by atoms with Gasteiger partial charge >= 0.3 is 0 Å². The van der Waals surface area contributed by atoms with Gasteiger partial charge in [-0.1, -0.05) is 5.16 Å². The highest BCUT2D eigenvalue weighted by molar-refractivity contribution is 5.86. The Balaban J connectivity index is 2.11. The Morgan fingerprint density at radius 3 is 2.73 bits per heavy atom. The molecule has 2 heterocycles. The van der Waals surface area contributed by atoms with Crippen molar-refractivity contribution in [3.05, 3.63) is 24.1 Å². The molecule has 0 atom stereocenters. The molecule has 0 aromatic carbocycles. The zero-order valence-electron chi connectivity index (χ0n) is 8.23. The zero-order chi connectivity index (χ0) is 10.7. The van der Waals surface area contributed by atoms with Crippen LogP contribution in [0.5, 0.6) is 0 Å². The predicted octanol–water partition coefficient (Wildman–Crippen LogP) is 1.65. The van der Waals surface area contributed by atoms with E-state index in [0.717, 1.165) is 5.71 Å². The smallest absolute Gasteiger partial charge is 0.165 e. The van der Waals surface area contributed by atoms with Crippen molar-refractivity contribution in [1.29, 1.82) is 0 Å². The number of pyridine rings is 1. The van der Waals surface area contributed by atoms with E-state index in [1.807, 2.05) is 4.90 Å². The molecule has 1 aromatic heterocycles. The quantitative estimate of drug-likeness (QED) is 0.565. The fraction of sp³-hybridized carbons (Fsp3) is 0.400. The van der Waals surface area contributed by atoms with Crippen LogP contribution in [0.3, 0.4) is 0 Å². The molecule has 0 bridgehead atoms. The van der Waals surface area contributed by atoms with Gasteiger partial charge in [0.05, 0.1) is 5.71 Å². The molecule has 15 heavy (non-hydrogen) atoms. The van der Waals surface area contributed by atoms with Gasteiger partial charge in [0, 0.05) is 32.1 Å². The molecule has 1 N–H and O–H groups in total. The summed E-state index contributed by atoms with van der Waals surface area (Å²) < 4.78 is 13.4. The standard InChI is InChI=1S/C10H12FN3O/c11-9-2-1-5-12-10(9)14-6-3-8(13-15)4-7-14/h1-2,5,15H,3-4,6-7H2. The number of oxime groups is 1. The van der Waals surface area contributed by atoms with E-state index >= 15 is 0 Å². The van der Waals surface area contributed by atoms with Gasteiger partial charge in [0.15, 0.2) is 11.6 Å². The first kappa shape index (κ1) is 9.89. The molecule has 4 nitrogen and oxygen atoms in total. The number of aromatic nitrogens is 1. The van der Waals surface area contributed by atoms with E-state index in [4.69, 9.17) is 5.21 Å². The van der Waals surface area contributed by atoms with E-state index in [2.05, 4.69) is 10.1 Å². The highest BCUT2D eigenvalue weighted by atomic mass is 19.1. The Hall–Kier alpha value is -1.65. The third-order valence-corrected chi connectivity index (χ3v) is 2.52. The van der Waals surface area contributed by atoms with Crippen LogP contribution in [0.2, 0.25) is 0 Å². The molecule has 0 saturated carbocycles. The van der Waals surface area contributed by atoms with E-state index in [1.54, 1.807) is 12.3 Å². The van der Waals surface area contributed by atoms with Crippen molar-refractivity contribution in [1.82, 2.24) is 4.98 Å². The third kappa shape index (κ3) is 2.06. The first-order chi connectivity index (χ1) is 7.31. The summed E-state index contributed by atoms with van der Waals surface area (Å²) >= 11 is 0. The van der Waals surface area contributed by atoms with Gasteiger partial charge in [0.2, 0.25) is 0 Å². The highest BCUT2D eigenvalue weighted by Crippen LogP contribution is 2.19. The first-order valence-electron chi connectivity index (χ1n) is 4.86. The van der Waals surface area contributed by atoms with Crippen LogP contribution in [0.15, 0.2) is 23.5 Å². The lowest BCUT2D eigenvalue weighted by Gasteiger charge is -2.28. The number of piperidine rings is 1. The van der Waals surface area contributed by atoms with Crippen LogP contribution in [-0.2, 0) is 0 Å². The van der Waals surface area contributed by atoms with Crippen LogP contribution < -0.4 is 4.90 Å². The summed E-state index contributed by atoms with van der Waals surface area (Å²) in [6.07, 6.45) is 2.90. The second-order valence-corrected chi connectivity index (χ2v) is 3.46. The van der Waals surface area contributed by atoms with E-state index in [9.17, 15) is 4.39 Å². The second-order valence-electron chi connectivity index (χ2n) is 3.46. The Morgan fingerprint density at radius 2 is 2.13 bits per heavy atom. The maximum atomic E-state index is 13.4. The van der Waals surface area contributed by atoms with E-state index < -0.39 is 0 Å². The maximum absolute atomic E-state index is 13.4. The van der Waals surface area contributed by atoms with Gasteiger partial charge in [-0.25, -0.2) is 9.37 Å². The molecular formula is C10H12FN3O. The number of hydrogen-bond donors (Lipinski definition) is 1. The lowest BCUT2D eigenvalue weighted by Crippen LogP contribution is -2.35. The summed E-state index contributed by atoms with van der Waals surface area (Å²) in [5.74, 6) is 0.0800. The van der Waals surface area contributed by atoms with Crippen molar-refractivity contribution in [2.75, 3.05) is 18.0 Å². The SMILES string of the molecule is ON=C1CCN(c2ncccc2F)CC1. The molecule has 0 aliphatic carbocycles. The predicted molar refractivity (Wildman–Crippen MR) is 54.9 cm³/mol. The van der Waals surface area contributed by atoms with Gasteiger partial charge in [-0.05, 0) is 12.1 Å². The van der Waals surface area contributed by atoms with Gasteiger partial charge in [-0.15, -0.1) is 0 Å². The lowest BCUT2D eigenvalue weighted by atomic mass is 10.1. The molecule has 1 aliphatic rings. The normalized spacial score (nSPS) is 16.6. The van der Waals surface area contributed by atoms with Crippen molar-refractivity contribution < 1.29 is 9.60 Å². The summed E-state index contributed by atoms with van der Waals surface area (Å²) in [4.78, 5) is 5.87. The summed E-state index contributed by atoms with van der Waals surface area (Å²) in [6.45, 7) is 1.29. The number of nitrogens with zero attached hydrogens (tertiary/aromatic N) is 3. The Kier molecular flexibility index (Phi) is 2.80. The summed E-state index contributed by atoms with van der Waals surface area (Å²) in [6, 6.07) is 2.97. The Morgan fingerprint density at radius 1 is 1.40 bits per heavy atom. The van der Waals surface area contributed by atoms with Gasteiger partial charge in [-0.2, -0.15) is 0 Å². The van der Waals surface area contributed by atoms with Crippen LogP contribution in [-0.4, -0.2) is 29.0 Å². The number of rotatable bonds is 1. The summed E-state index contributed by atoms with van der Waals surface area (Å²) in [7, 11) is 0. The van der Waals surface area contributed by atoms with Crippen molar-refractivity contribution in [3.8, 4) is 0 Å². The van der Waals surface area contributed by atoms with E-state index in [0.29, 0.717) is 31.7 Å². The minimum atomic E-state index is -0.304. The van der Waals surface area contributed by atoms with Gasteiger partial charge in [0.25, 0.3) is 0 Å². The Labute approximate surface area is 87.0 Å². The molecule has 1 saturated heterocycles. The van der Waals surface area contributed by atoms with Gasteiger partial charge in [0.1, 0.15) is 0 Å². The third-order valence-electron chi connectivity index (χ3n) is 2.52. The Bertz CT molecular complexity index is 371.